The highest BCUT2D eigenvalue weighted by Gasteiger charge is 2.40. The first kappa shape index (κ1) is 15.2. The monoisotopic (exact) mass is 304 g/mol. The summed E-state index contributed by atoms with van der Waals surface area (Å²) in [5, 5.41) is 12.0. The maximum atomic E-state index is 12.2. The third kappa shape index (κ3) is 3.49. The topological polar surface area (TPSA) is 95.9 Å². The van der Waals surface area contributed by atoms with Crippen molar-refractivity contribution in [2.75, 3.05) is 25.2 Å². The summed E-state index contributed by atoms with van der Waals surface area (Å²) >= 11 is 0. The van der Waals surface area contributed by atoms with E-state index in [4.69, 9.17) is 9.84 Å². The fourth-order valence-electron chi connectivity index (χ4n) is 2.62. The van der Waals surface area contributed by atoms with Crippen molar-refractivity contribution in [2.24, 2.45) is 0 Å². The molecule has 2 fully saturated rings. The van der Waals surface area contributed by atoms with Crippen LogP contribution >= 0.6 is 0 Å². The van der Waals surface area contributed by atoms with Crippen LogP contribution in [-0.4, -0.2) is 69.6 Å². The summed E-state index contributed by atoms with van der Waals surface area (Å²) in [4.78, 5) is 24.7. The number of nitrogens with zero attached hydrogens (tertiary/aromatic N) is 1. The minimum atomic E-state index is -1.01. The van der Waals surface area contributed by atoms with Crippen molar-refractivity contribution in [1.82, 2.24) is 10.2 Å². The number of nitrogens with one attached hydrogen (secondary N) is 1. The molecule has 0 bridgehead atoms. The molecule has 2 heterocycles. The van der Waals surface area contributed by atoms with Crippen molar-refractivity contribution in [3.63, 3.8) is 0 Å². The maximum Gasteiger partial charge on any atom is 0.326 e. The smallest absolute Gasteiger partial charge is 0.326 e. The minimum Gasteiger partial charge on any atom is -0.480 e. The van der Waals surface area contributed by atoms with Gasteiger partial charge in [0, 0.05) is 48.4 Å². The number of hydrogen-bond acceptors (Lipinski definition) is 4. The number of methoxy groups -OCH3 is 1. The number of urea groups is 1. The Morgan fingerprint density at radius 2 is 2.00 bits per heavy atom. The zero-order valence-electron chi connectivity index (χ0n) is 11.4. The summed E-state index contributed by atoms with van der Waals surface area (Å²) < 4.78 is 16.4. The van der Waals surface area contributed by atoms with Crippen LogP contribution in [-0.2, 0) is 20.3 Å². The molecule has 2 amide bonds. The van der Waals surface area contributed by atoms with Crippen LogP contribution in [0.4, 0.5) is 4.79 Å². The Balaban J connectivity index is 1.93. The van der Waals surface area contributed by atoms with Gasteiger partial charge in [-0.3, -0.25) is 4.21 Å². The maximum absolute atomic E-state index is 12.2. The van der Waals surface area contributed by atoms with Crippen molar-refractivity contribution in [3.05, 3.63) is 0 Å². The van der Waals surface area contributed by atoms with Gasteiger partial charge in [-0.25, -0.2) is 9.59 Å². The molecule has 2 aliphatic rings. The van der Waals surface area contributed by atoms with E-state index in [0.717, 1.165) is 0 Å². The highest BCUT2D eigenvalue weighted by Crippen LogP contribution is 2.21. The van der Waals surface area contributed by atoms with Gasteiger partial charge in [-0.05, 0) is 12.8 Å². The molecule has 0 radical (unpaired) electrons. The molecule has 2 atom stereocenters. The lowest BCUT2D eigenvalue weighted by Gasteiger charge is -2.27. The number of carboxylic acids is 1. The first-order valence-electron chi connectivity index (χ1n) is 6.69. The Bertz CT molecular complexity index is 407. The zero-order valence-corrected chi connectivity index (χ0v) is 12.2. The Morgan fingerprint density at radius 3 is 2.55 bits per heavy atom. The summed E-state index contributed by atoms with van der Waals surface area (Å²) in [5.74, 6) is 0.173. The highest BCUT2D eigenvalue weighted by atomic mass is 32.2. The molecule has 8 heteroatoms. The molecule has 2 aliphatic heterocycles. The molecule has 0 aromatic rings. The Morgan fingerprint density at radius 1 is 1.35 bits per heavy atom. The number of ether oxygens (including phenoxy) is 1. The van der Waals surface area contributed by atoms with Crippen LogP contribution < -0.4 is 5.32 Å². The first-order valence-corrected chi connectivity index (χ1v) is 8.17. The molecule has 2 rings (SSSR count). The predicted octanol–water partition coefficient (Wildman–Crippen LogP) is -0.219. The van der Waals surface area contributed by atoms with E-state index in [2.05, 4.69) is 5.32 Å². The Hall–Kier alpha value is -1.15. The molecule has 2 unspecified atom stereocenters. The van der Waals surface area contributed by atoms with Crippen molar-refractivity contribution >= 4 is 22.8 Å². The number of carbonyl (C=O) groups is 2. The van der Waals surface area contributed by atoms with Gasteiger partial charge in [0.05, 0.1) is 6.10 Å². The molecule has 0 saturated carbocycles. The van der Waals surface area contributed by atoms with Gasteiger partial charge in [0.15, 0.2) is 0 Å². The zero-order chi connectivity index (χ0) is 14.7. The van der Waals surface area contributed by atoms with Gasteiger partial charge in [0.1, 0.15) is 6.04 Å². The first-order chi connectivity index (χ1) is 9.51. The molecule has 0 aromatic carbocycles. The number of rotatable bonds is 3. The largest absolute Gasteiger partial charge is 0.480 e. The second-order valence-corrected chi connectivity index (χ2v) is 6.87. The fraction of sp³-hybridized carbons (Fsp3) is 0.833. The van der Waals surface area contributed by atoms with E-state index in [0.29, 0.717) is 30.8 Å². The van der Waals surface area contributed by atoms with Crippen molar-refractivity contribution in [2.45, 2.75) is 37.5 Å². The molecule has 0 spiro atoms. The quantitative estimate of drug-likeness (QED) is 0.751. The summed E-state index contributed by atoms with van der Waals surface area (Å²) in [6.07, 6.45) is 1.43. The van der Waals surface area contributed by atoms with E-state index >= 15 is 0 Å². The van der Waals surface area contributed by atoms with E-state index in [9.17, 15) is 13.8 Å². The van der Waals surface area contributed by atoms with Crippen LogP contribution in [0.1, 0.15) is 19.3 Å². The van der Waals surface area contributed by atoms with Crippen molar-refractivity contribution in [1.29, 1.82) is 0 Å². The van der Waals surface area contributed by atoms with Gasteiger partial charge < -0.3 is 20.1 Å². The van der Waals surface area contributed by atoms with Gasteiger partial charge in [-0.1, -0.05) is 0 Å². The minimum absolute atomic E-state index is 0.0174. The van der Waals surface area contributed by atoms with Crippen LogP contribution in [0.25, 0.3) is 0 Å². The number of carbonyl (C=O) groups excluding carboxylic acids is 1. The van der Waals surface area contributed by atoms with Gasteiger partial charge >= 0.3 is 12.0 Å². The van der Waals surface area contributed by atoms with E-state index in [1.807, 2.05) is 0 Å². The summed E-state index contributed by atoms with van der Waals surface area (Å²) in [6, 6.07) is -1.22. The average Bonchev–Trinajstić information content (AvgIpc) is 2.86. The molecule has 0 aromatic heterocycles. The van der Waals surface area contributed by atoms with Crippen LogP contribution in [0, 0.1) is 0 Å². The molecular weight excluding hydrogens is 284 g/mol. The normalized spacial score (nSPS) is 34.0. The predicted molar refractivity (Wildman–Crippen MR) is 73.0 cm³/mol. The Kier molecular flexibility index (Phi) is 4.98. The number of likely N-dealkylation sites (tertiary alicyclic amines) is 1. The standard InChI is InChI=1S/C12H20N2O5S/c1-19-9-6-10(11(15)16)14(7-9)12(17)13-8-2-4-20(18)5-3-8/h8-10H,2-7H2,1H3,(H,13,17)(H,15,16). The third-order valence-electron chi connectivity index (χ3n) is 3.86. The van der Waals surface area contributed by atoms with Crippen LogP contribution in [0.5, 0.6) is 0 Å². The number of aliphatic carboxylic acids is 1. The molecule has 0 aliphatic carbocycles. The molecule has 114 valence electrons. The third-order valence-corrected chi connectivity index (χ3v) is 5.24. The van der Waals surface area contributed by atoms with Crippen molar-refractivity contribution in [3.8, 4) is 0 Å². The summed E-state index contributed by atoms with van der Waals surface area (Å²) in [7, 11) is 0.737. The number of hydrogen-bond donors (Lipinski definition) is 2. The highest BCUT2D eigenvalue weighted by molar-refractivity contribution is 7.85. The lowest BCUT2D eigenvalue weighted by Crippen LogP contribution is -2.50. The van der Waals surface area contributed by atoms with Crippen LogP contribution in [0.3, 0.4) is 0 Å². The average molecular weight is 304 g/mol. The molecule has 2 saturated heterocycles. The molecule has 2 N–H and O–H groups in total. The lowest BCUT2D eigenvalue weighted by molar-refractivity contribution is -0.141. The van der Waals surface area contributed by atoms with Crippen LogP contribution in [0.2, 0.25) is 0 Å². The second-order valence-electron chi connectivity index (χ2n) is 5.17. The van der Waals surface area contributed by atoms with Crippen molar-refractivity contribution < 1.29 is 23.6 Å². The van der Waals surface area contributed by atoms with E-state index in [-0.39, 0.29) is 24.7 Å². The SMILES string of the molecule is COC1CC(C(=O)O)N(C(=O)NC2CCS(=O)CC2)C1. The lowest BCUT2D eigenvalue weighted by atomic mass is 10.1. The molecule has 20 heavy (non-hydrogen) atoms. The number of carboxylic acid groups (broad SMARTS) is 1. The van der Waals surface area contributed by atoms with E-state index in [1.165, 1.54) is 12.0 Å². The van der Waals surface area contributed by atoms with Gasteiger partial charge in [-0.15, -0.1) is 0 Å². The van der Waals surface area contributed by atoms with Gasteiger partial charge in [0.2, 0.25) is 0 Å². The van der Waals surface area contributed by atoms with E-state index in [1.54, 1.807) is 0 Å². The van der Waals surface area contributed by atoms with Gasteiger partial charge in [0.25, 0.3) is 0 Å². The summed E-state index contributed by atoms with van der Waals surface area (Å²) in [6.45, 7) is 0.290. The molecule has 7 nitrogen and oxygen atoms in total. The van der Waals surface area contributed by atoms with Crippen LogP contribution in [0.15, 0.2) is 0 Å². The fourth-order valence-corrected chi connectivity index (χ4v) is 3.92. The van der Waals surface area contributed by atoms with Gasteiger partial charge in [-0.2, -0.15) is 0 Å². The molecular formula is C12H20N2O5S. The number of amides is 2. The summed E-state index contributed by atoms with van der Waals surface area (Å²) in [5.41, 5.74) is 0. The Labute approximate surface area is 120 Å². The second kappa shape index (κ2) is 6.53. The van der Waals surface area contributed by atoms with E-state index < -0.39 is 22.8 Å².